The van der Waals surface area contributed by atoms with Crippen LogP contribution in [0.15, 0.2) is 48.5 Å². The summed E-state index contributed by atoms with van der Waals surface area (Å²) in [6.45, 7) is 5.57. The minimum atomic E-state index is -3.76. The van der Waals surface area contributed by atoms with Gasteiger partial charge < -0.3 is 15.0 Å². The van der Waals surface area contributed by atoms with Crippen molar-refractivity contribution in [2.45, 2.75) is 33.4 Å². The minimum Gasteiger partial charge on any atom is -0.497 e. The number of amides is 2. The summed E-state index contributed by atoms with van der Waals surface area (Å²) in [5.41, 5.74) is 2.25. The molecule has 32 heavy (non-hydrogen) atoms. The van der Waals surface area contributed by atoms with Crippen molar-refractivity contribution in [1.29, 1.82) is 0 Å². The quantitative estimate of drug-likeness (QED) is 0.586. The Morgan fingerprint density at radius 3 is 2.16 bits per heavy atom. The van der Waals surface area contributed by atoms with Crippen LogP contribution in [0.3, 0.4) is 0 Å². The van der Waals surface area contributed by atoms with Gasteiger partial charge in [-0.15, -0.1) is 0 Å². The summed E-state index contributed by atoms with van der Waals surface area (Å²) >= 11 is 0. The van der Waals surface area contributed by atoms with E-state index in [-0.39, 0.29) is 12.5 Å². The molecule has 174 valence electrons. The van der Waals surface area contributed by atoms with Crippen LogP contribution in [0.1, 0.15) is 25.0 Å². The van der Waals surface area contributed by atoms with Crippen LogP contribution in [0.4, 0.5) is 5.69 Å². The fourth-order valence-corrected chi connectivity index (χ4v) is 4.01. The number of methoxy groups -OCH3 is 1. The summed E-state index contributed by atoms with van der Waals surface area (Å²) < 4.78 is 31.1. The summed E-state index contributed by atoms with van der Waals surface area (Å²) in [5.74, 6) is -0.215. The molecule has 1 N–H and O–H groups in total. The molecule has 0 spiro atoms. The Balaban J connectivity index is 2.35. The van der Waals surface area contributed by atoms with E-state index in [1.807, 2.05) is 31.2 Å². The lowest BCUT2D eigenvalue weighted by atomic mass is 10.1. The van der Waals surface area contributed by atoms with Crippen LogP contribution in [-0.4, -0.2) is 57.6 Å². The molecule has 1 atom stereocenters. The van der Waals surface area contributed by atoms with Crippen LogP contribution in [-0.2, 0) is 26.2 Å². The molecule has 9 heteroatoms. The summed E-state index contributed by atoms with van der Waals surface area (Å²) in [7, 11) is -2.24. The van der Waals surface area contributed by atoms with Crippen molar-refractivity contribution in [3.63, 3.8) is 0 Å². The first-order valence-corrected chi connectivity index (χ1v) is 12.2. The molecule has 0 aromatic heterocycles. The Morgan fingerprint density at radius 1 is 1.06 bits per heavy atom. The maximum atomic E-state index is 13.3. The Hall–Kier alpha value is -3.07. The molecule has 0 fully saturated rings. The number of benzene rings is 2. The zero-order valence-corrected chi connectivity index (χ0v) is 20.0. The van der Waals surface area contributed by atoms with Crippen molar-refractivity contribution < 1.29 is 22.7 Å². The molecule has 2 aromatic carbocycles. The number of likely N-dealkylation sites (N-methyl/N-ethyl adjacent to an activating group) is 1. The van der Waals surface area contributed by atoms with E-state index < -0.39 is 28.5 Å². The number of hydrogen-bond donors (Lipinski definition) is 1. The maximum Gasteiger partial charge on any atom is 0.244 e. The van der Waals surface area contributed by atoms with Crippen molar-refractivity contribution in [3.8, 4) is 5.75 Å². The lowest BCUT2D eigenvalue weighted by Crippen LogP contribution is -2.51. The van der Waals surface area contributed by atoms with Gasteiger partial charge in [0.2, 0.25) is 21.8 Å². The number of hydrogen-bond acceptors (Lipinski definition) is 5. The third-order valence-corrected chi connectivity index (χ3v) is 6.17. The minimum absolute atomic E-state index is 0.178. The van der Waals surface area contributed by atoms with Gasteiger partial charge in [-0.3, -0.25) is 13.9 Å². The molecule has 0 saturated carbocycles. The van der Waals surface area contributed by atoms with Gasteiger partial charge in [0, 0.05) is 13.1 Å². The van der Waals surface area contributed by atoms with Gasteiger partial charge in [-0.1, -0.05) is 29.8 Å². The van der Waals surface area contributed by atoms with Gasteiger partial charge in [0.15, 0.2) is 0 Å². The van der Waals surface area contributed by atoms with E-state index in [0.717, 1.165) is 21.7 Å². The van der Waals surface area contributed by atoms with Crippen molar-refractivity contribution in [3.05, 3.63) is 59.7 Å². The van der Waals surface area contributed by atoms with E-state index in [1.165, 1.54) is 12.0 Å². The molecule has 0 aliphatic carbocycles. The number of aryl methyl sites for hydroxylation is 1. The molecule has 2 rings (SSSR count). The summed E-state index contributed by atoms with van der Waals surface area (Å²) in [5, 5.41) is 2.72. The maximum absolute atomic E-state index is 13.3. The second-order valence-corrected chi connectivity index (χ2v) is 9.45. The standard InChI is InChI=1S/C23H31N3O5S/c1-6-24-23(28)18(3)25(15-19-9-7-17(2)8-10-19)22(27)16-26(32(5,29)30)20-11-13-21(31-4)14-12-20/h7-14,18H,6,15-16H2,1-5H3,(H,24,28)/t18-/m1/s1. The number of nitrogens with one attached hydrogen (secondary N) is 1. The van der Waals surface area contributed by atoms with Crippen molar-refractivity contribution in [2.24, 2.45) is 0 Å². The SMILES string of the molecule is CCNC(=O)[C@@H](C)N(Cc1ccc(C)cc1)C(=O)CN(c1ccc(OC)cc1)S(C)(=O)=O. The van der Waals surface area contributed by atoms with E-state index >= 15 is 0 Å². The highest BCUT2D eigenvalue weighted by Crippen LogP contribution is 2.22. The predicted octanol–water partition coefficient (Wildman–Crippen LogP) is 2.32. The lowest BCUT2D eigenvalue weighted by Gasteiger charge is -2.31. The smallest absolute Gasteiger partial charge is 0.244 e. The number of carbonyl (C=O) groups excluding carboxylic acids is 2. The third-order valence-electron chi connectivity index (χ3n) is 5.03. The van der Waals surface area contributed by atoms with E-state index in [0.29, 0.717) is 18.0 Å². The van der Waals surface area contributed by atoms with Gasteiger partial charge >= 0.3 is 0 Å². The first-order valence-electron chi connectivity index (χ1n) is 10.3. The highest BCUT2D eigenvalue weighted by atomic mass is 32.2. The highest BCUT2D eigenvalue weighted by molar-refractivity contribution is 7.92. The zero-order valence-electron chi connectivity index (χ0n) is 19.2. The average molecular weight is 462 g/mol. The lowest BCUT2D eigenvalue weighted by molar-refractivity contribution is -0.139. The number of rotatable bonds is 10. The number of sulfonamides is 1. The molecule has 0 heterocycles. The van der Waals surface area contributed by atoms with E-state index in [1.54, 1.807) is 38.1 Å². The van der Waals surface area contributed by atoms with Crippen LogP contribution in [0.2, 0.25) is 0 Å². The molecule has 0 bridgehead atoms. The fourth-order valence-electron chi connectivity index (χ4n) is 3.16. The van der Waals surface area contributed by atoms with Crippen molar-refractivity contribution >= 4 is 27.5 Å². The number of anilines is 1. The second kappa shape index (κ2) is 11.0. The molecular weight excluding hydrogens is 430 g/mol. The van der Waals surface area contributed by atoms with Gasteiger partial charge in [0.05, 0.1) is 19.1 Å². The Labute approximate surface area is 190 Å². The Kier molecular flexibility index (Phi) is 8.65. The average Bonchev–Trinajstić information content (AvgIpc) is 2.76. The molecule has 0 aliphatic rings. The van der Waals surface area contributed by atoms with Crippen LogP contribution >= 0.6 is 0 Å². The molecule has 0 aliphatic heterocycles. The molecule has 2 aromatic rings. The number of nitrogens with zero attached hydrogens (tertiary/aromatic N) is 2. The van der Waals surface area contributed by atoms with Gasteiger partial charge in [0.25, 0.3) is 0 Å². The van der Waals surface area contributed by atoms with Crippen LogP contribution < -0.4 is 14.4 Å². The first kappa shape index (κ1) is 25.2. The largest absolute Gasteiger partial charge is 0.497 e. The number of ether oxygens (including phenoxy) is 1. The van der Waals surface area contributed by atoms with Crippen molar-refractivity contribution in [2.75, 3.05) is 30.8 Å². The molecule has 0 radical (unpaired) electrons. The van der Waals surface area contributed by atoms with E-state index in [9.17, 15) is 18.0 Å². The van der Waals surface area contributed by atoms with Crippen molar-refractivity contribution in [1.82, 2.24) is 10.2 Å². The normalized spacial score (nSPS) is 12.0. The topological polar surface area (TPSA) is 96.0 Å². The summed E-state index contributed by atoms with van der Waals surface area (Å²) in [4.78, 5) is 27.2. The summed E-state index contributed by atoms with van der Waals surface area (Å²) in [6.07, 6.45) is 1.04. The molecule has 8 nitrogen and oxygen atoms in total. The van der Waals surface area contributed by atoms with Gasteiger partial charge in [-0.25, -0.2) is 8.42 Å². The molecule has 0 unspecified atom stereocenters. The van der Waals surface area contributed by atoms with Crippen LogP contribution in [0, 0.1) is 6.92 Å². The molecule has 0 saturated heterocycles. The Morgan fingerprint density at radius 2 is 1.66 bits per heavy atom. The second-order valence-electron chi connectivity index (χ2n) is 7.55. The van der Waals surface area contributed by atoms with E-state index in [4.69, 9.17) is 4.74 Å². The monoisotopic (exact) mass is 461 g/mol. The number of carbonyl (C=O) groups is 2. The molecular formula is C23H31N3O5S. The van der Waals surface area contributed by atoms with Gasteiger partial charge in [-0.05, 0) is 50.6 Å². The zero-order chi connectivity index (χ0) is 23.9. The Bertz CT molecular complexity index is 1020. The predicted molar refractivity (Wildman–Crippen MR) is 125 cm³/mol. The highest BCUT2D eigenvalue weighted by Gasteiger charge is 2.29. The van der Waals surface area contributed by atoms with Crippen LogP contribution in [0.25, 0.3) is 0 Å². The first-order chi connectivity index (χ1) is 15.1. The van der Waals surface area contributed by atoms with Gasteiger partial charge in [0.1, 0.15) is 18.3 Å². The fraction of sp³-hybridized carbons (Fsp3) is 0.391. The molecule has 2 amide bonds. The third kappa shape index (κ3) is 6.71. The van der Waals surface area contributed by atoms with Crippen LogP contribution in [0.5, 0.6) is 5.75 Å². The summed E-state index contributed by atoms with van der Waals surface area (Å²) in [6, 6.07) is 13.2. The van der Waals surface area contributed by atoms with Gasteiger partial charge in [-0.2, -0.15) is 0 Å². The van der Waals surface area contributed by atoms with E-state index in [2.05, 4.69) is 5.32 Å².